The molecule has 0 saturated heterocycles. The minimum atomic E-state index is 0.192. The van der Waals surface area contributed by atoms with Crippen LogP contribution in [0, 0.1) is 11.3 Å². The van der Waals surface area contributed by atoms with Crippen LogP contribution in [-0.4, -0.2) is 37.5 Å². The van der Waals surface area contributed by atoms with Crippen molar-refractivity contribution in [3.05, 3.63) is 0 Å². The lowest BCUT2D eigenvalue weighted by Gasteiger charge is -2.21. The highest BCUT2D eigenvalue weighted by atomic mass is 16.2. The molecular formula is C12H24N2O. The number of likely N-dealkylation sites (N-methyl/N-ethyl adjacent to an activating group) is 1. The molecule has 1 rings (SSSR count). The van der Waals surface area contributed by atoms with E-state index < -0.39 is 0 Å². The van der Waals surface area contributed by atoms with E-state index in [1.54, 1.807) is 4.90 Å². The smallest absolute Gasteiger partial charge is 0.236 e. The molecule has 0 aliphatic heterocycles. The van der Waals surface area contributed by atoms with Gasteiger partial charge in [-0.3, -0.25) is 4.79 Å². The van der Waals surface area contributed by atoms with Gasteiger partial charge < -0.3 is 10.2 Å². The van der Waals surface area contributed by atoms with E-state index in [4.69, 9.17) is 0 Å². The van der Waals surface area contributed by atoms with Crippen LogP contribution in [0.3, 0.4) is 0 Å². The summed E-state index contributed by atoms with van der Waals surface area (Å²) in [5, 5.41) is 3.29. The Hall–Kier alpha value is -0.570. The van der Waals surface area contributed by atoms with E-state index in [0.717, 1.165) is 19.0 Å². The van der Waals surface area contributed by atoms with Crippen LogP contribution in [0.5, 0.6) is 0 Å². The van der Waals surface area contributed by atoms with E-state index in [1.165, 1.54) is 12.8 Å². The van der Waals surface area contributed by atoms with Crippen molar-refractivity contribution in [3.63, 3.8) is 0 Å². The van der Waals surface area contributed by atoms with Crippen molar-refractivity contribution in [1.82, 2.24) is 10.2 Å². The zero-order valence-corrected chi connectivity index (χ0v) is 10.5. The highest BCUT2D eigenvalue weighted by Crippen LogP contribution is 2.51. The predicted octanol–water partition coefficient (Wildman–Crippen LogP) is 1.49. The fourth-order valence-corrected chi connectivity index (χ4v) is 1.85. The molecule has 0 atom stereocenters. The Morgan fingerprint density at radius 2 is 2.07 bits per heavy atom. The van der Waals surface area contributed by atoms with Gasteiger partial charge in [-0.25, -0.2) is 0 Å². The molecule has 3 heteroatoms. The number of nitrogens with zero attached hydrogens (tertiary/aromatic N) is 1. The maximum atomic E-state index is 11.5. The third-order valence-electron chi connectivity index (χ3n) is 3.77. The number of nitrogens with one attached hydrogen (secondary N) is 1. The molecule has 0 aromatic carbocycles. The molecule has 0 aromatic heterocycles. The Morgan fingerprint density at radius 3 is 2.47 bits per heavy atom. The Bertz CT molecular complexity index is 222. The van der Waals surface area contributed by atoms with Gasteiger partial charge in [-0.1, -0.05) is 13.8 Å². The number of carbonyl (C=O) groups excluding carboxylic acids is 1. The van der Waals surface area contributed by atoms with Gasteiger partial charge in [-0.15, -0.1) is 0 Å². The molecule has 0 aromatic rings. The van der Waals surface area contributed by atoms with Crippen molar-refractivity contribution in [2.45, 2.75) is 33.6 Å². The van der Waals surface area contributed by atoms with Gasteiger partial charge >= 0.3 is 0 Å². The second-order valence-corrected chi connectivity index (χ2v) is 5.03. The van der Waals surface area contributed by atoms with Gasteiger partial charge in [-0.05, 0) is 31.1 Å². The first-order valence-electron chi connectivity index (χ1n) is 5.96. The van der Waals surface area contributed by atoms with E-state index >= 15 is 0 Å². The van der Waals surface area contributed by atoms with E-state index in [2.05, 4.69) is 19.2 Å². The summed E-state index contributed by atoms with van der Waals surface area (Å²) in [5.41, 5.74) is 0.491. The molecule has 0 unspecified atom stereocenters. The highest BCUT2D eigenvalue weighted by molar-refractivity contribution is 5.77. The van der Waals surface area contributed by atoms with Crippen LogP contribution in [0.25, 0.3) is 0 Å². The second-order valence-electron chi connectivity index (χ2n) is 5.03. The minimum absolute atomic E-state index is 0.192. The Balaban J connectivity index is 2.19. The van der Waals surface area contributed by atoms with Crippen LogP contribution >= 0.6 is 0 Å². The van der Waals surface area contributed by atoms with Gasteiger partial charge in [0.15, 0.2) is 0 Å². The summed E-state index contributed by atoms with van der Waals surface area (Å²) in [4.78, 5) is 13.3. The SMILES string of the molecule is CCN(C)C(=O)CNCC1(C(C)C)CC1. The molecule has 0 radical (unpaired) electrons. The molecule has 3 nitrogen and oxygen atoms in total. The predicted molar refractivity (Wildman–Crippen MR) is 62.7 cm³/mol. The molecule has 1 aliphatic carbocycles. The van der Waals surface area contributed by atoms with Crippen LogP contribution in [0.2, 0.25) is 0 Å². The average Bonchev–Trinajstić information content (AvgIpc) is 2.97. The molecule has 1 aliphatic rings. The first-order chi connectivity index (χ1) is 7.02. The number of amides is 1. The first kappa shape index (κ1) is 12.5. The zero-order chi connectivity index (χ0) is 11.5. The summed E-state index contributed by atoms with van der Waals surface area (Å²) < 4.78 is 0. The average molecular weight is 212 g/mol. The molecule has 15 heavy (non-hydrogen) atoms. The van der Waals surface area contributed by atoms with Crippen molar-refractivity contribution in [1.29, 1.82) is 0 Å². The van der Waals surface area contributed by atoms with Crippen LogP contribution in [0.15, 0.2) is 0 Å². The van der Waals surface area contributed by atoms with Crippen LogP contribution in [0.4, 0.5) is 0 Å². The van der Waals surface area contributed by atoms with Gasteiger partial charge in [0.25, 0.3) is 0 Å². The molecule has 1 fully saturated rings. The summed E-state index contributed by atoms with van der Waals surface area (Å²) >= 11 is 0. The van der Waals surface area contributed by atoms with Crippen molar-refractivity contribution in [3.8, 4) is 0 Å². The maximum absolute atomic E-state index is 11.5. The normalized spacial score (nSPS) is 17.9. The molecule has 0 heterocycles. The number of rotatable bonds is 6. The van der Waals surface area contributed by atoms with Crippen molar-refractivity contribution in [2.24, 2.45) is 11.3 Å². The summed E-state index contributed by atoms with van der Waals surface area (Å²) in [6, 6.07) is 0. The van der Waals surface area contributed by atoms with Gasteiger partial charge in [0.1, 0.15) is 0 Å². The van der Waals surface area contributed by atoms with Gasteiger partial charge in [0, 0.05) is 20.1 Å². The van der Waals surface area contributed by atoms with E-state index in [-0.39, 0.29) is 5.91 Å². The van der Waals surface area contributed by atoms with E-state index in [0.29, 0.717) is 12.0 Å². The Labute approximate surface area is 93.2 Å². The fraction of sp³-hybridized carbons (Fsp3) is 0.917. The van der Waals surface area contributed by atoms with Gasteiger partial charge in [0.05, 0.1) is 6.54 Å². The van der Waals surface area contributed by atoms with Crippen LogP contribution in [-0.2, 0) is 4.79 Å². The van der Waals surface area contributed by atoms with Crippen LogP contribution in [0.1, 0.15) is 33.6 Å². The molecule has 0 spiro atoms. The Morgan fingerprint density at radius 1 is 1.47 bits per heavy atom. The molecule has 1 N–H and O–H groups in total. The maximum Gasteiger partial charge on any atom is 0.236 e. The second kappa shape index (κ2) is 4.97. The van der Waals surface area contributed by atoms with Crippen molar-refractivity contribution >= 4 is 5.91 Å². The lowest BCUT2D eigenvalue weighted by Crippen LogP contribution is -2.38. The summed E-state index contributed by atoms with van der Waals surface area (Å²) in [6.45, 7) is 8.81. The minimum Gasteiger partial charge on any atom is -0.345 e. The quantitative estimate of drug-likeness (QED) is 0.723. The van der Waals surface area contributed by atoms with Crippen molar-refractivity contribution < 1.29 is 4.79 Å². The molecule has 88 valence electrons. The monoisotopic (exact) mass is 212 g/mol. The molecule has 1 amide bonds. The lowest BCUT2D eigenvalue weighted by atomic mass is 9.92. The Kier molecular flexibility index (Phi) is 4.14. The topological polar surface area (TPSA) is 32.3 Å². The number of hydrogen-bond acceptors (Lipinski definition) is 2. The lowest BCUT2D eigenvalue weighted by molar-refractivity contribution is -0.128. The number of hydrogen-bond donors (Lipinski definition) is 1. The first-order valence-corrected chi connectivity index (χ1v) is 5.96. The van der Waals surface area contributed by atoms with E-state index in [9.17, 15) is 4.79 Å². The zero-order valence-electron chi connectivity index (χ0n) is 10.5. The molecular weight excluding hydrogens is 188 g/mol. The van der Waals surface area contributed by atoms with Gasteiger partial charge in [0.2, 0.25) is 5.91 Å². The van der Waals surface area contributed by atoms with Crippen molar-refractivity contribution in [2.75, 3.05) is 26.7 Å². The standard InChI is InChI=1S/C12H24N2O/c1-5-14(4)11(15)8-13-9-12(6-7-12)10(2)3/h10,13H,5-9H2,1-4H3. The van der Waals surface area contributed by atoms with Crippen LogP contribution < -0.4 is 5.32 Å². The van der Waals surface area contributed by atoms with Gasteiger partial charge in [-0.2, -0.15) is 0 Å². The molecule has 1 saturated carbocycles. The third kappa shape index (κ3) is 3.20. The largest absolute Gasteiger partial charge is 0.345 e. The fourth-order valence-electron chi connectivity index (χ4n) is 1.85. The highest BCUT2D eigenvalue weighted by Gasteiger charge is 2.44. The third-order valence-corrected chi connectivity index (χ3v) is 3.77. The summed E-state index contributed by atoms with van der Waals surface area (Å²) in [6.07, 6.45) is 2.63. The summed E-state index contributed by atoms with van der Waals surface area (Å²) in [5.74, 6) is 0.918. The number of carbonyl (C=O) groups is 1. The van der Waals surface area contributed by atoms with E-state index in [1.807, 2.05) is 14.0 Å². The summed E-state index contributed by atoms with van der Waals surface area (Å²) in [7, 11) is 1.85. The molecule has 0 bridgehead atoms.